The maximum Gasteiger partial charge on any atom is 0.165 e. The minimum atomic E-state index is -0.771. The van der Waals surface area contributed by atoms with Gasteiger partial charge in [0.05, 0.1) is 12.1 Å². The average Bonchev–Trinajstić information content (AvgIpc) is 2.75. The van der Waals surface area contributed by atoms with Gasteiger partial charge < -0.3 is 0 Å². The number of hydrogen-bond acceptors (Lipinski definition) is 3. The van der Waals surface area contributed by atoms with Gasteiger partial charge in [-0.25, -0.2) is 0 Å². The van der Waals surface area contributed by atoms with Crippen molar-refractivity contribution in [2.24, 2.45) is 10.2 Å². The van der Waals surface area contributed by atoms with E-state index in [1.54, 1.807) is 0 Å². The van der Waals surface area contributed by atoms with Crippen LogP contribution in [0, 0.1) is 11.3 Å². The fourth-order valence-electron chi connectivity index (χ4n) is 3.21. The Hall–Kier alpha value is -2.99. The molecule has 0 aromatic heterocycles. The third kappa shape index (κ3) is 5.50. The summed E-state index contributed by atoms with van der Waals surface area (Å²) in [7, 11) is 0. The van der Waals surface area contributed by atoms with Crippen molar-refractivity contribution in [3.8, 4) is 6.07 Å². The molecule has 2 unspecified atom stereocenters. The second kappa shape index (κ2) is 9.28. The molecule has 0 saturated heterocycles. The fourth-order valence-corrected chi connectivity index (χ4v) is 3.21. The summed E-state index contributed by atoms with van der Waals surface area (Å²) in [6, 6.07) is 27.7. The topological polar surface area (TPSA) is 48.5 Å². The number of rotatable bonds is 8. The molecule has 2 atom stereocenters. The van der Waals surface area contributed by atoms with Gasteiger partial charge in [-0.15, -0.1) is 0 Å². The molecular formula is C25H27N3. The number of hydrogen-bond donors (Lipinski definition) is 0. The summed E-state index contributed by atoms with van der Waals surface area (Å²) in [5, 5.41) is 21.0. The molecule has 3 aromatic carbocycles. The second-order valence-electron chi connectivity index (χ2n) is 7.66. The van der Waals surface area contributed by atoms with E-state index in [1.165, 1.54) is 21.9 Å². The van der Waals surface area contributed by atoms with Gasteiger partial charge in [0.2, 0.25) is 0 Å². The Morgan fingerprint density at radius 2 is 1.61 bits per heavy atom. The highest BCUT2D eigenvalue weighted by atomic mass is 15.2. The quantitative estimate of drug-likeness (QED) is 0.416. The van der Waals surface area contributed by atoms with E-state index in [1.807, 2.05) is 25.1 Å². The summed E-state index contributed by atoms with van der Waals surface area (Å²) in [4.78, 5) is 0. The van der Waals surface area contributed by atoms with E-state index in [4.69, 9.17) is 0 Å². The summed E-state index contributed by atoms with van der Waals surface area (Å²) in [6.07, 6.45) is 3.38. The van der Waals surface area contributed by atoms with E-state index in [2.05, 4.69) is 77.8 Å². The van der Waals surface area contributed by atoms with Gasteiger partial charge in [0.15, 0.2) is 5.54 Å². The lowest BCUT2D eigenvalue weighted by Crippen LogP contribution is -2.20. The third-order valence-electron chi connectivity index (χ3n) is 5.12. The third-order valence-corrected chi connectivity index (χ3v) is 5.12. The molecule has 0 aliphatic carbocycles. The SMILES string of the molecule is CC(CCc1ccc2ccccc2c1)N=NC(C)(C#N)CCc1ccccc1. The summed E-state index contributed by atoms with van der Waals surface area (Å²) in [5.41, 5.74) is 1.77. The van der Waals surface area contributed by atoms with E-state index in [9.17, 15) is 5.26 Å². The van der Waals surface area contributed by atoms with Crippen LogP contribution in [0.25, 0.3) is 10.8 Å². The molecule has 28 heavy (non-hydrogen) atoms. The van der Waals surface area contributed by atoms with Crippen LogP contribution in [-0.4, -0.2) is 11.6 Å². The highest BCUT2D eigenvalue weighted by molar-refractivity contribution is 5.82. The summed E-state index contributed by atoms with van der Waals surface area (Å²) in [5.74, 6) is 0. The lowest BCUT2D eigenvalue weighted by atomic mass is 9.96. The molecule has 0 aliphatic heterocycles. The van der Waals surface area contributed by atoms with Crippen LogP contribution in [0.15, 0.2) is 83.0 Å². The van der Waals surface area contributed by atoms with Gasteiger partial charge in [-0.1, -0.05) is 72.8 Å². The summed E-state index contributed by atoms with van der Waals surface area (Å²) >= 11 is 0. The van der Waals surface area contributed by atoms with Crippen molar-refractivity contribution in [1.82, 2.24) is 0 Å². The van der Waals surface area contributed by atoms with Gasteiger partial charge in [0, 0.05) is 0 Å². The van der Waals surface area contributed by atoms with E-state index in [0.717, 1.165) is 19.3 Å². The van der Waals surface area contributed by atoms with Crippen molar-refractivity contribution in [3.05, 3.63) is 83.9 Å². The second-order valence-corrected chi connectivity index (χ2v) is 7.66. The van der Waals surface area contributed by atoms with E-state index < -0.39 is 5.54 Å². The zero-order valence-corrected chi connectivity index (χ0v) is 16.7. The molecular weight excluding hydrogens is 342 g/mol. The summed E-state index contributed by atoms with van der Waals surface area (Å²) in [6.45, 7) is 3.94. The number of azo groups is 1. The van der Waals surface area contributed by atoms with Crippen LogP contribution in [0.2, 0.25) is 0 Å². The van der Waals surface area contributed by atoms with Gasteiger partial charge in [0.25, 0.3) is 0 Å². The molecule has 0 amide bonds. The molecule has 0 fully saturated rings. The Balaban J connectivity index is 1.54. The van der Waals surface area contributed by atoms with Gasteiger partial charge in [-0.05, 0) is 61.4 Å². The normalized spacial score (nSPS) is 14.6. The van der Waals surface area contributed by atoms with Crippen LogP contribution in [0.3, 0.4) is 0 Å². The Morgan fingerprint density at radius 3 is 2.36 bits per heavy atom. The van der Waals surface area contributed by atoms with Gasteiger partial charge >= 0.3 is 0 Å². The number of nitrogens with zero attached hydrogens (tertiary/aromatic N) is 3. The molecule has 0 heterocycles. The standard InChI is InChI=1S/C25H27N3/c1-20(12-13-22-14-15-23-10-6-7-11-24(23)18-22)27-28-25(2,19-26)17-16-21-8-4-3-5-9-21/h3-11,14-15,18,20H,12-13,16-17H2,1-2H3. The monoisotopic (exact) mass is 369 g/mol. The number of nitriles is 1. The van der Waals surface area contributed by atoms with Crippen LogP contribution < -0.4 is 0 Å². The first-order valence-corrected chi connectivity index (χ1v) is 9.93. The maximum absolute atomic E-state index is 9.58. The van der Waals surface area contributed by atoms with Crippen molar-refractivity contribution in [3.63, 3.8) is 0 Å². The first kappa shape index (κ1) is 19.8. The maximum atomic E-state index is 9.58. The van der Waals surface area contributed by atoms with Crippen molar-refractivity contribution in [2.45, 2.75) is 51.1 Å². The molecule has 0 N–H and O–H groups in total. The van der Waals surface area contributed by atoms with Crippen LogP contribution in [-0.2, 0) is 12.8 Å². The molecule has 3 rings (SSSR count). The molecule has 3 nitrogen and oxygen atoms in total. The highest BCUT2D eigenvalue weighted by Crippen LogP contribution is 2.21. The van der Waals surface area contributed by atoms with Crippen molar-refractivity contribution >= 4 is 10.8 Å². The zero-order valence-electron chi connectivity index (χ0n) is 16.7. The van der Waals surface area contributed by atoms with E-state index in [0.29, 0.717) is 6.42 Å². The number of benzene rings is 3. The van der Waals surface area contributed by atoms with Crippen LogP contribution >= 0.6 is 0 Å². The van der Waals surface area contributed by atoms with Gasteiger partial charge in [0.1, 0.15) is 0 Å². The van der Waals surface area contributed by atoms with Gasteiger partial charge in [-0.2, -0.15) is 15.5 Å². The predicted molar refractivity (Wildman–Crippen MR) is 115 cm³/mol. The minimum absolute atomic E-state index is 0.0934. The number of aryl methyl sites for hydroxylation is 2. The van der Waals surface area contributed by atoms with Crippen LogP contribution in [0.5, 0.6) is 0 Å². The van der Waals surface area contributed by atoms with Crippen LogP contribution in [0.1, 0.15) is 37.8 Å². The molecule has 3 heteroatoms. The average molecular weight is 370 g/mol. The Bertz CT molecular complexity index is 972. The molecule has 142 valence electrons. The van der Waals surface area contributed by atoms with E-state index in [-0.39, 0.29) is 6.04 Å². The molecule has 0 bridgehead atoms. The predicted octanol–water partition coefficient (Wildman–Crippen LogP) is 6.53. The lowest BCUT2D eigenvalue weighted by molar-refractivity contribution is 0.491. The Kier molecular flexibility index (Phi) is 6.55. The van der Waals surface area contributed by atoms with Gasteiger partial charge in [-0.3, -0.25) is 0 Å². The molecule has 3 aromatic rings. The van der Waals surface area contributed by atoms with Crippen molar-refractivity contribution in [2.75, 3.05) is 0 Å². The summed E-state index contributed by atoms with van der Waals surface area (Å²) < 4.78 is 0. The first-order chi connectivity index (χ1) is 13.6. The van der Waals surface area contributed by atoms with Crippen LogP contribution in [0.4, 0.5) is 0 Å². The molecule has 0 saturated carbocycles. The van der Waals surface area contributed by atoms with Crippen molar-refractivity contribution in [1.29, 1.82) is 5.26 Å². The minimum Gasteiger partial charge on any atom is -0.196 e. The van der Waals surface area contributed by atoms with E-state index >= 15 is 0 Å². The molecule has 0 radical (unpaired) electrons. The highest BCUT2D eigenvalue weighted by Gasteiger charge is 2.23. The first-order valence-electron chi connectivity index (χ1n) is 9.93. The zero-order chi connectivity index (χ0) is 19.8. The molecule has 0 spiro atoms. The molecule has 0 aliphatic rings. The van der Waals surface area contributed by atoms with Crippen molar-refractivity contribution < 1.29 is 0 Å². The lowest BCUT2D eigenvalue weighted by Gasteiger charge is -2.16. The largest absolute Gasteiger partial charge is 0.196 e. The fraction of sp³-hybridized carbons (Fsp3) is 0.320. The Labute approximate surface area is 167 Å². The number of fused-ring (bicyclic) bond motifs is 1. The smallest absolute Gasteiger partial charge is 0.165 e. The Morgan fingerprint density at radius 1 is 0.893 bits per heavy atom.